The molecule has 2 N–H and O–H groups in total. The second-order valence-corrected chi connectivity index (χ2v) is 12.9. The normalized spacial score (nSPS) is 30.8. The van der Waals surface area contributed by atoms with Gasteiger partial charge in [0.1, 0.15) is 6.17 Å². The van der Waals surface area contributed by atoms with Crippen molar-refractivity contribution in [3.8, 4) is 0 Å². The Bertz CT molecular complexity index is 1630. The van der Waals surface area contributed by atoms with Crippen LogP contribution in [0.4, 0.5) is 0 Å². The van der Waals surface area contributed by atoms with E-state index in [1.807, 2.05) is 0 Å². The first-order valence-corrected chi connectivity index (χ1v) is 16.0. The lowest BCUT2D eigenvalue weighted by Gasteiger charge is -2.33. The Hall–Kier alpha value is -3.92. The second kappa shape index (κ2) is 10.4. The van der Waals surface area contributed by atoms with Gasteiger partial charge in [0.2, 0.25) is 0 Å². The topological polar surface area (TPSA) is 38.2 Å². The van der Waals surface area contributed by atoms with Gasteiger partial charge in [0, 0.05) is 34.1 Å². The van der Waals surface area contributed by atoms with Crippen LogP contribution in [0.1, 0.15) is 74.6 Å². The van der Waals surface area contributed by atoms with Crippen molar-refractivity contribution in [1.82, 2.24) is 15.2 Å². The molecule has 0 aromatic carbocycles. The van der Waals surface area contributed by atoms with Gasteiger partial charge in [0.05, 0.1) is 5.70 Å². The monoisotopic (exact) mass is 555 g/mol. The first-order chi connectivity index (χ1) is 20.6. The Morgan fingerprint density at radius 3 is 2.62 bits per heavy atom. The van der Waals surface area contributed by atoms with E-state index in [9.17, 15) is 0 Å². The van der Waals surface area contributed by atoms with Crippen molar-refractivity contribution in [3.05, 3.63) is 130 Å². The molecule has 0 radical (unpaired) electrons. The molecule has 0 bridgehead atoms. The molecule has 4 heteroatoms. The smallest absolute Gasteiger partial charge is 0.176 e. The van der Waals surface area contributed by atoms with Crippen LogP contribution in [0.3, 0.4) is 0 Å². The van der Waals surface area contributed by atoms with Crippen LogP contribution in [-0.2, 0) is 17.6 Å². The summed E-state index contributed by atoms with van der Waals surface area (Å²) in [6, 6.07) is 0. The first-order valence-electron chi connectivity index (χ1n) is 16.0. The van der Waals surface area contributed by atoms with Gasteiger partial charge >= 0.3 is 0 Å². The number of rotatable bonds is 4. The van der Waals surface area contributed by atoms with Crippen molar-refractivity contribution >= 4 is 11.8 Å². The average molecular weight is 556 g/mol. The molecule has 8 rings (SSSR count). The predicted molar refractivity (Wildman–Crippen MR) is 172 cm³/mol. The summed E-state index contributed by atoms with van der Waals surface area (Å²) in [4.78, 5) is 0. The minimum atomic E-state index is 0.00255. The molecule has 0 fully saturated rings. The molecular weight excluding hydrogens is 514 g/mol. The van der Waals surface area contributed by atoms with E-state index in [2.05, 4.69) is 114 Å². The highest BCUT2D eigenvalue weighted by molar-refractivity contribution is 5.79. The van der Waals surface area contributed by atoms with Gasteiger partial charge in [0.15, 0.2) is 12.0 Å². The lowest BCUT2D eigenvalue weighted by atomic mass is 9.87. The molecule has 1 aromatic rings. The van der Waals surface area contributed by atoms with Crippen LogP contribution >= 0.6 is 0 Å². The van der Waals surface area contributed by atoms with Gasteiger partial charge in [-0.25, -0.2) is 0 Å². The number of aromatic nitrogens is 1. The van der Waals surface area contributed by atoms with Gasteiger partial charge in [-0.05, 0) is 85.7 Å². The molecule has 0 spiro atoms. The molecule has 214 valence electrons. The first kappa shape index (κ1) is 25.8. The Kier molecular flexibility index (Phi) is 6.39. The van der Waals surface area contributed by atoms with Crippen LogP contribution in [0.5, 0.6) is 0 Å². The van der Waals surface area contributed by atoms with E-state index in [1.165, 1.54) is 50.6 Å². The van der Waals surface area contributed by atoms with Gasteiger partial charge in [-0.1, -0.05) is 86.8 Å². The largest absolute Gasteiger partial charge is 0.468 e. The third-order valence-corrected chi connectivity index (χ3v) is 9.97. The maximum atomic E-state index is 6.81. The Morgan fingerprint density at radius 2 is 1.79 bits per heavy atom. The van der Waals surface area contributed by atoms with Crippen molar-refractivity contribution in [2.24, 2.45) is 17.8 Å². The van der Waals surface area contributed by atoms with Crippen LogP contribution in [0.15, 0.2) is 107 Å². The lowest BCUT2D eigenvalue weighted by Crippen LogP contribution is -2.33. The third-order valence-electron chi connectivity index (χ3n) is 9.97. The van der Waals surface area contributed by atoms with E-state index in [-0.39, 0.29) is 12.4 Å². The fraction of sp³-hybridized carbons (Fsp3) is 0.368. The average Bonchev–Trinajstić information content (AvgIpc) is 3.61. The Morgan fingerprint density at radius 1 is 0.857 bits per heavy atom. The summed E-state index contributed by atoms with van der Waals surface area (Å²) in [5.74, 6) is 2.53. The zero-order valence-corrected chi connectivity index (χ0v) is 24.8. The van der Waals surface area contributed by atoms with E-state index < -0.39 is 0 Å². The summed E-state index contributed by atoms with van der Waals surface area (Å²) < 4.78 is 9.45. The number of hydrogen-bond donors (Lipinski definition) is 2. The van der Waals surface area contributed by atoms with Crippen LogP contribution < -0.4 is 10.6 Å². The molecule has 5 unspecified atom stereocenters. The van der Waals surface area contributed by atoms with E-state index in [1.54, 1.807) is 0 Å². The lowest BCUT2D eigenvalue weighted by molar-refractivity contribution is 0.127. The zero-order valence-electron chi connectivity index (χ0n) is 24.8. The molecule has 42 heavy (non-hydrogen) atoms. The van der Waals surface area contributed by atoms with E-state index >= 15 is 0 Å². The molecule has 0 amide bonds. The highest BCUT2D eigenvalue weighted by Gasteiger charge is 2.39. The fourth-order valence-electron chi connectivity index (χ4n) is 7.67. The van der Waals surface area contributed by atoms with E-state index in [0.29, 0.717) is 17.8 Å². The zero-order chi connectivity index (χ0) is 28.2. The maximum Gasteiger partial charge on any atom is 0.176 e. The maximum absolute atomic E-state index is 6.81. The quantitative estimate of drug-likeness (QED) is 0.394. The summed E-state index contributed by atoms with van der Waals surface area (Å²) >= 11 is 0. The van der Waals surface area contributed by atoms with Gasteiger partial charge in [0.25, 0.3) is 0 Å². The van der Waals surface area contributed by atoms with E-state index in [4.69, 9.17) is 4.74 Å². The number of fused-ring (bicyclic) bond motifs is 4. The second-order valence-electron chi connectivity index (χ2n) is 12.9. The minimum Gasteiger partial charge on any atom is -0.468 e. The molecule has 3 heterocycles. The van der Waals surface area contributed by atoms with Crippen LogP contribution in [0.2, 0.25) is 0 Å². The highest BCUT2D eigenvalue weighted by Crippen LogP contribution is 2.45. The number of hydrogen-bond acceptors (Lipinski definition) is 3. The van der Waals surface area contributed by atoms with Crippen LogP contribution in [0.25, 0.3) is 11.8 Å². The summed E-state index contributed by atoms with van der Waals surface area (Å²) in [6.45, 7) is 4.65. The van der Waals surface area contributed by atoms with Crippen LogP contribution in [-0.4, -0.2) is 10.8 Å². The standard InChI is InChI=1S/C38H41N3O/c1-24-16-18-26(19-17-24)28-22-32(29-13-7-6-10-25(29)2)39-35(23-28)41-33-15-9-8-14-30(33)36-34(41)21-20-31-37(36)42-38(40-31)27-11-4-3-5-12-27/h3-8,11,13-14,16,18-19,22-25,27,35,38-40H,9-10,12,15,17,20-21H2,1-2H3. The van der Waals surface area contributed by atoms with Crippen molar-refractivity contribution in [2.75, 3.05) is 0 Å². The summed E-state index contributed by atoms with van der Waals surface area (Å²) in [6.07, 6.45) is 39.7. The molecule has 0 saturated carbocycles. The van der Waals surface area contributed by atoms with Crippen molar-refractivity contribution in [2.45, 2.75) is 71.2 Å². The number of dihydropyridines is 1. The number of ether oxygens (including phenoxy) is 1. The number of nitrogens with zero attached hydrogens (tertiary/aromatic N) is 1. The summed E-state index contributed by atoms with van der Waals surface area (Å²) in [7, 11) is 0. The van der Waals surface area contributed by atoms with Crippen molar-refractivity contribution in [1.29, 1.82) is 0 Å². The molecule has 5 aliphatic carbocycles. The molecule has 0 saturated heterocycles. The Balaban J connectivity index is 1.22. The predicted octanol–water partition coefficient (Wildman–Crippen LogP) is 8.10. The van der Waals surface area contributed by atoms with E-state index in [0.717, 1.165) is 50.7 Å². The number of allylic oxidation sites excluding steroid dienone is 15. The molecule has 5 atom stereocenters. The summed E-state index contributed by atoms with van der Waals surface area (Å²) in [5, 5.41) is 7.82. The third kappa shape index (κ3) is 4.35. The van der Waals surface area contributed by atoms with Crippen molar-refractivity contribution in [3.63, 3.8) is 0 Å². The molecule has 1 aromatic heterocycles. The highest BCUT2D eigenvalue weighted by atomic mass is 16.5. The molecule has 4 nitrogen and oxygen atoms in total. The SMILES string of the molecule is CC1C=CC(C2=CC(n3c4c(c5c3CCC3=C5OC(C5C=CC=CC5)N3)C=CCC4)NC(C3=CC=CCC3C)=C2)=CC1. The molecular formula is C38H41N3O. The minimum absolute atomic E-state index is 0.00255. The Labute approximate surface area is 250 Å². The molecule has 2 aliphatic heterocycles. The van der Waals surface area contributed by atoms with Gasteiger partial charge in [-0.2, -0.15) is 0 Å². The van der Waals surface area contributed by atoms with Gasteiger partial charge in [-0.15, -0.1) is 0 Å². The molecule has 7 aliphatic rings. The fourth-order valence-corrected chi connectivity index (χ4v) is 7.67. The summed E-state index contributed by atoms with van der Waals surface area (Å²) in [5.41, 5.74) is 12.1. The van der Waals surface area contributed by atoms with Gasteiger partial charge < -0.3 is 19.9 Å². The van der Waals surface area contributed by atoms with Crippen LogP contribution in [0, 0.1) is 17.8 Å². The number of nitrogens with one attached hydrogen (secondary N) is 2. The van der Waals surface area contributed by atoms with Crippen molar-refractivity contribution < 1.29 is 4.74 Å². The van der Waals surface area contributed by atoms with Gasteiger partial charge in [-0.3, -0.25) is 0 Å².